The summed E-state index contributed by atoms with van der Waals surface area (Å²) in [6.45, 7) is 0.403. The molecule has 0 spiro atoms. The number of hydrogen-bond donors (Lipinski definition) is 10. The minimum Gasteiger partial charge on any atom is -0.480 e. The summed E-state index contributed by atoms with van der Waals surface area (Å²) in [7, 11) is 0. The number of amides is 4. The van der Waals surface area contributed by atoms with E-state index in [9.17, 15) is 39.3 Å². The summed E-state index contributed by atoms with van der Waals surface area (Å²) in [6.07, 6.45) is -1.53. The van der Waals surface area contributed by atoms with Crippen LogP contribution < -0.4 is 38.9 Å². The van der Waals surface area contributed by atoms with Crippen LogP contribution in [-0.2, 0) is 24.0 Å². The van der Waals surface area contributed by atoms with Gasteiger partial charge in [-0.25, -0.2) is 4.79 Å². The van der Waals surface area contributed by atoms with Crippen molar-refractivity contribution in [1.29, 1.82) is 0 Å². The number of carbonyl (C=O) groups excluding carboxylic acids is 4. The lowest BCUT2D eigenvalue weighted by Gasteiger charge is -2.25. The Morgan fingerprint density at radius 1 is 0.912 bits per heavy atom. The molecule has 0 heterocycles. The van der Waals surface area contributed by atoms with Gasteiger partial charge in [-0.05, 0) is 26.2 Å². The Hall–Kier alpha value is -3.50. The largest absolute Gasteiger partial charge is 0.480 e. The van der Waals surface area contributed by atoms with E-state index in [2.05, 4.69) is 20.9 Å². The predicted octanol–water partition coefficient (Wildman–Crippen LogP) is -5.46. The van der Waals surface area contributed by atoms with Crippen LogP contribution in [0.15, 0.2) is 4.99 Å². The number of primary amides is 1. The number of nitrogens with zero attached hydrogens (tertiary/aromatic N) is 1. The van der Waals surface area contributed by atoms with Crippen molar-refractivity contribution in [3.05, 3.63) is 0 Å². The molecular weight excluding hydrogens is 456 g/mol. The van der Waals surface area contributed by atoms with Crippen LogP contribution in [0.5, 0.6) is 0 Å². The molecule has 0 aliphatic carbocycles. The van der Waals surface area contributed by atoms with Gasteiger partial charge in [0.15, 0.2) is 5.96 Å². The van der Waals surface area contributed by atoms with E-state index in [1.54, 1.807) is 0 Å². The lowest BCUT2D eigenvalue weighted by atomic mass is 10.1. The van der Waals surface area contributed by atoms with Crippen molar-refractivity contribution in [2.24, 2.45) is 27.9 Å². The van der Waals surface area contributed by atoms with Gasteiger partial charge in [-0.1, -0.05) is 0 Å². The SMILES string of the molecule is CC(O)C(NC(=O)C(N)CCC(N)=O)C(=O)NC(CO)C(=O)NC(CCCN=C(N)N)C(=O)O. The second-order valence-corrected chi connectivity index (χ2v) is 7.43. The molecule has 4 amide bonds. The van der Waals surface area contributed by atoms with Crippen molar-refractivity contribution in [3.63, 3.8) is 0 Å². The van der Waals surface area contributed by atoms with Crippen LogP contribution in [0.3, 0.4) is 0 Å². The zero-order chi connectivity index (χ0) is 26.4. The van der Waals surface area contributed by atoms with Crippen LogP contribution in [0.4, 0.5) is 0 Å². The molecule has 0 rings (SSSR count). The molecule has 14 N–H and O–H groups in total. The molecule has 0 radical (unpaired) electrons. The summed E-state index contributed by atoms with van der Waals surface area (Å²) in [4.78, 5) is 63.0. The van der Waals surface area contributed by atoms with E-state index in [-0.39, 0.29) is 38.2 Å². The monoisotopic (exact) mass is 490 g/mol. The summed E-state index contributed by atoms with van der Waals surface area (Å²) in [5, 5.41) is 35.2. The summed E-state index contributed by atoms with van der Waals surface area (Å²) in [5.41, 5.74) is 21.0. The number of aliphatic hydroxyl groups excluding tert-OH is 2. The summed E-state index contributed by atoms with van der Waals surface area (Å²) >= 11 is 0. The molecule has 0 aromatic rings. The van der Waals surface area contributed by atoms with Gasteiger partial charge >= 0.3 is 5.97 Å². The fourth-order valence-corrected chi connectivity index (χ4v) is 2.58. The molecule has 5 unspecified atom stereocenters. The molecule has 0 bridgehead atoms. The van der Waals surface area contributed by atoms with Gasteiger partial charge in [0.25, 0.3) is 0 Å². The van der Waals surface area contributed by atoms with Crippen molar-refractivity contribution >= 4 is 35.6 Å². The van der Waals surface area contributed by atoms with E-state index in [4.69, 9.17) is 22.9 Å². The summed E-state index contributed by atoms with van der Waals surface area (Å²) in [5.74, 6) is -5.13. The number of hydrogen-bond acceptors (Lipinski definition) is 9. The lowest BCUT2D eigenvalue weighted by Crippen LogP contribution is -2.60. The molecule has 194 valence electrons. The Morgan fingerprint density at radius 3 is 1.97 bits per heavy atom. The van der Waals surface area contributed by atoms with Crippen molar-refractivity contribution in [3.8, 4) is 0 Å². The van der Waals surface area contributed by atoms with Crippen molar-refractivity contribution < 1.29 is 39.3 Å². The molecule has 0 saturated carbocycles. The number of guanidine groups is 1. The molecule has 0 aliphatic heterocycles. The fraction of sp³-hybridized carbons (Fsp3) is 0.667. The molecule has 0 aromatic heterocycles. The topological polar surface area (TPSA) is 299 Å². The molecule has 16 nitrogen and oxygen atoms in total. The molecule has 0 aliphatic rings. The molecule has 0 saturated heterocycles. The van der Waals surface area contributed by atoms with E-state index >= 15 is 0 Å². The summed E-state index contributed by atoms with van der Waals surface area (Å²) in [6, 6.07) is -5.71. The zero-order valence-electron chi connectivity index (χ0n) is 18.8. The quantitative estimate of drug-likeness (QED) is 0.0552. The highest BCUT2D eigenvalue weighted by molar-refractivity contribution is 5.94. The normalized spacial score (nSPS) is 15.1. The Bertz CT molecular complexity index is 756. The smallest absolute Gasteiger partial charge is 0.326 e. The number of nitrogens with one attached hydrogen (secondary N) is 3. The third kappa shape index (κ3) is 11.9. The fourth-order valence-electron chi connectivity index (χ4n) is 2.58. The van der Waals surface area contributed by atoms with Gasteiger partial charge in [-0.3, -0.25) is 24.2 Å². The van der Waals surface area contributed by atoms with Crippen molar-refractivity contribution in [1.82, 2.24) is 16.0 Å². The van der Waals surface area contributed by atoms with Crippen LogP contribution in [0.25, 0.3) is 0 Å². The number of nitrogens with two attached hydrogens (primary N) is 4. The number of carbonyl (C=O) groups is 5. The van der Waals surface area contributed by atoms with E-state index in [0.717, 1.165) is 0 Å². The van der Waals surface area contributed by atoms with Gasteiger partial charge < -0.3 is 54.2 Å². The van der Waals surface area contributed by atoms with Gasteiger partial charge in [-0.15, -0.1) is 0 Å². The maximum Gasteiger partial charge on any atom is 0.326 e. The van der Waals surface area contributed by atoms with Crippen LogP contribution >= 0.6 is 0 Å². The maximum atomic E-state index is 12.5. The van der Waals surface area contributed by atoms with E-state index in [1.165, 1.54) is 6.92 Å². The van der Waals surface area contributed by atoms with E-state index in [1.807, 2.05) is 0 Å². The average Bonchev–Trinajstić information content (AvgIpc) is 2.74. The van der Waals surface area contributed by atoms with E-state index in [0.29, 0.717) is 0 Å². The maximum absolute atomic E-state index is 12.5. The minimum atomic E-state index is -1.59. The Morgan fingerprint density at radius 2 is 1.50 bits per heavy atom. The zero-order valence-corrected chi connectivity index (χ0v) is 18.8. The highest BCUT2D eigenvalue weighted by Gasteiger charge is 2.32. The highest BCUT2D eigenvalue weighted by Crippen LogP contribution is 2.02. The number of carboxylic acid groups (broad SMARTS) is 1. The first-order valence-electron chi connectivity index (χ1n) is 10.3. The predicted molar refractivity (Wildman–Crippen MR) is 119 cm³/mol. The van der Waals surface area contributed by atoms with Crippen molar-refractivity contribution in [2.45, 2.75) is 62.9 Å². The Balaban J connectivity index is 5.10. The molecule has 16 heteroatoms. The van der Waals surface area contributed by atoms with Crippen LogP contribution in [0, 0.1) is 0 Å². The first-order chi connectivity index (χ1) is 15.8. The number of carboxylic acids is 1. The first kappa shape index (κ1) is 30.5. The highest BCUT2D eigenvalue weighted by atomic mass is 16.4. The van der Waals surface area contributed by atoms with Crippen molar-refractivity contribution in [2.75, 3.05) is 13.2 Å². The Labute approximate surface area is 195 Å². The summed E-state index contributed by atoms with van der Waals surface area (Å²) < 4.78 is 0. The molecule has 0 fully saturated rings. The number of aliphatic hydroxyl groups is 2. The number of aliphatic imine (C=N–C) groups is 1. The standard InChI is InChI=1S/C18H34N8O8/c1-8(28)13(26-14(30)9(19)4-5-12(20)29)16(32)25-11(7-27)15(31)24-10(17(33)34)3-2-6-23-18(21)22/h8-11,13,27-28H,2-7,19H2,1H3,(H2,20,29)(H,24,31)(H,25,32)(H,26,30)(H,33,34)(H4,21,22,23). The van der Waals surface area contributed by atoms with E-state index < -0.39 is 66.5 Å². The number of aliphatic carboxylic acids is 1. The van der Waals surface area contributed by atoms with Gasteiger partial charge in [0, 0.05) is 13.0 Å². The van der Waals surface area contributed by atoms with Gasteiger partial charge in [-0.2, -0.15) is 0 Å². The minimum absolute atomic E-state index is 0.0422. The molecule has 34 heavy (non-hydrogen) atoms. The van der Waals surface area contributed by atoms with Gasteiger partial charge in [0.2, 0.25) is 23.6 Å². The first-order valence-corrected chi connectivity index (χ1v) is 10.3. The third-order valence-corrected chi connectivity index (χ3v) is 4.48. The molecule has 0 aromatic carbocycles. The Kier molecular flexibility index (Phi) is 13.8. The van der Waals surface area contributed by atoms with Gasteiger partial charge in [0.05, 0.1) is 18.8 Å². The van der Waals surface area contributed by atoms with Crippen LogP contribution in [0.1, 0.15) is 32.6 Å². The van der Waals surface area contributed by atoms with Crippen LogP contribution in [-0.4, -0.2) is 94.3 Å². The lowest BCUT2D eigenvalue weighted by molar-refractivity contribution is -0.143. The molecule has 5 atom stereocenters. The average molecular weight is 491 g/mol. The second-order valence-electron chi connectivity index (χ2n) is 7.43. The molecular formula is C18H34N8O8. The third-order valence-electron chi connectivity index (χ3n) is 4.48. The van der Waals surface area contributed by atoms with Gasteiger partial charge in [0.1, 0.15) is 18.1 Å². The van der Waals surface area contributed by atoms with Crippen LogP contribution in [0.2, 0.25) is 0 Å². The second kappa shape index (κ2) is 15.4. The number of rotatable bonds is 16.